The number of hydrogen-bond donors (Lipinski definition) is 0. The summed E-state index contributed by atoms with van der Waals surface area (Å²) in [5, 5.41) is 0.255. The predicted molar refractivity (Wildman–Crippen MR) is 80.3 cm³/mol. The van der Waals surface area contributed by atoms with Crippen molar-refractivity contribution in [2.75, 3.05) is 26.2 Å². The molecule has 7 heteroatoms. The molecule has 0 amide bonds. The van der Waals surface area contributed by atoms with Crippen molar-refractivity contribution in [3.63, 3.8) is 0 Å². The lowest BCUT2D eigenvalue weighted by Crippen LogP contribution is -2.33. The van der Waals surface area contributed by atoms with Crippen LogP contribution in [0.1, 0.15) is 19.3 Å². The summed E-state index contributed by atoms with van der Waals surface area (Å²) in [4.78, 5) is 2.34. The molecule has 1 aliphatic rings. The Kier molecular flexibility index (Phi) is 5.55. The largest absolute Gasteiger partial charge is 0.491 e. The average molecular weight is 338 g/mol. The van der Waals surface area contributed by atoms with Crippen molar-refractivity contribution in [2.45, 2.75) is 24.2 Å². The first-order valence-electron chi connectivity index (χ1n) is 6.56. The van der Waals surface area contributed by atoms with Crippen LogP contribution in [-0.4, -0.2) is 39.6 Å². The number of hydrogen-bond acceptors (Lipinski definition) is 4. The van der Waals surface area contributed by atoms with E-state index in [4.69, 9.17) is 27.0 Å². The van der Waals surface area contributed by atoms with Crippen LogP contribution in [0.15, 0.2) is 23.1 Å². The quantitative estimate of drug-likeness (QED) is 0.774. The average Bonchev–Trinajstić information content (AvgIpc) is 2.40. The molecule has 112 valence electrons. The Hall–Kier alpha value is -0.490. The Morgan fingerprint density at radius 3 is 2.50 bits per heavy atom. The SMILES string of the molecule is O=S(=O)(Cl)c1ccc(OCCN2CCCCC2)c(Cl)c1. The van der Waals surface area contributed by atoms with E-state index in [-0.39, 0.29) is 9.92 Å². The van der Waals surface area contributed by atoms with Gasteiger partial charge in [-0.05, 0) is 44.1 Å². The Bertz CT molecular complexity index is 557. The van der Waals surface area contributed by atoms with Gasteiger partial charge < -0.3 is 4.74 Å². The molecule has 4 nitrogen and oxygen atoms in total. The summed E-state index contributed by atoms with van der Waals surface area (Å²) < 4.78 is 27.9. The second kappa shape index (κ2) is 6.98. The lowest BCUT2D eigenvalue weighted by atomic mass is 10.1. The molecule has 1 fully saturated rings. The van der Waals surface area contributed by atoms with Crippen molar-refractivity contribution in [1.82, 2.24) is 4.90 Å². The summed E-state index contributed by atoms with van der Waals surface area (Å²) >= 11 is 6.00. The van der Waals surface area contributed by atoms with E-state index in [0.29, 0.717) is 12.4 Å². The number of piperidine rings is 1. The number of likely N-dealkylation sites (tertiary alicyclic amines) is 1. The minimum Gasteiger partial charge on any atom is -0.491 e. The normalized spacial score (nSPS) is 17.1. The van der Waals surface area contributed by atoms with Crippen LogP contribution in [-0.2, 0) is 9.05 Å². The van der Waals surface area contributed by atoms with E-state index in [1.807, 2.05) is 0 Å². The zero-order valence-corrected chi connectivity index (χ0v) is 13.3. The van der Waals surface area contributed by atoms with Crippen molar-refractivity contribution in [2.24, 2.45) is 0 Å². The molecule has 0 bridgehead atoms. The zero-order valence-electron chi connectivity index (χ0n) is 11.0. The van der Waals surface area contributed by atoms with Gasteiger partial charge in [-0.1, -0.05) is 18.0 Å². The van der Waals surface area contributed by atoms with E-state index in [2.05, 4.69) is 4.90 Å². The molecule has 0 unspecified atom stereocenters. The Labute approximate surface area is 129 Å². The maximum absolute atomic E-state index is 11.2. The molecular weight excluding hydrogens is 321 g/mol. The molecule has 1 heterocycles. The lowest BCUT2D eigenvalue weighted by molar-refractivity contribution is 0.183. The van der Waals surface area contributed by atoms with Crippen LogP contribution in [0.5, 0.6) is 5.75 Å². The fourth-order valence-electron chi connectivity index (χ4n) is 2.22. The number of ether oxygens (including phenoxy) is 1. The molecular formula is C13H17Cl2NO3S. The molecule has 20 heavy (non-hydrogen) atoms. The van der Waals surface area contributed by atoms with Gasteiger partial charge in [0.25, 0.3) is 9.05 Å². The molecule has 0 radical (unpaired) electrons. The molecule has 0 saturated carbocycles. The third-order valence-corrected chi connectivity index (χ3v) is 4.95. The minimum absolute atomic E-state index is 0.0208. The van der Waals surface area contributed by atoms with Gasteiger partial charge in [-0.3, -0.25) is 4.90 Å². The summed E-state index contributed by atoms with van der Waals surface area (Å²) in [6, 6.07) is 4.23. The molecule has 1 aromatic carbocycles. The third-order valence-electron chi connectivity index (χ3n) is 3.30. The Morgan fingerprint density at radius 2 is 1.90 bits per heavy atom. The lowest BCUT2D eigenvalue weighted by Gasteiger charge is -2.26. The number of nitrogens with zero attached hydrogens (tertiary/aromatic N) is 1. The molecule has 0 aliphatic carbocycles. The topological polar surface area (TPSA) is 46.6 Å². The van der Waals surface area contributed by atoms with Crippen LogP contribution >= 0.6 is 22.3 Å². The van der Waals surface area contributed by atoms with Gasteiger partial charge in [-0.25, -0.2) is 8.42 Å². The van der Waals surface area contributed by atoms with Crippen molar-refractivity contribution in [1.29, 1.82) is 0 Å². The first kappa shape index (κ1) is 15.9. The Morgan fingerprint density at radius 1 is 1.20 bits per heavy atom. The van der Waals surface area contributed by atoms with E-state index < -0.39 is 9.05 Å². The minimum atomic E-state index is -3.76. The van der Waals surface area contributed by atoms with E-state index in [0.717, 1.165) is 19.6 Å². The molecule has 2 rings (SSSR count). The van der Waals surface area contributed by atoms with Crippen molar-refractivity contribution in [3.05, 3.63) is 23.2 Å². The molecule has 1 saturated heterocycles. The van der Waals surface area contributed by atoms with Gasteiger partial charge in [0.1, 0.15) is 12.4 Å². The summed E-state index contributed by atoms with van der Waals surface area (Å²) in [5.41, 5.74) is 0. The molecule has 1 aromatic rings. The van der Waals surface area contributed by atoms with E-state index in [1.165, 1.54) is 37.5 Å². The van der Waals surface area contributed by atoms with Crippen molar-refractivity contribution in [3.8, 4) is 5.75 Å². The maximum Gasteiger partial charge on any atom is 0.261 e. The van der Waals surface area contributed by atoms with Gasteiger partial charge >= 0.3 is 0 Å². The highest BCUT2D eigenvalue weighted by Crippen LogP contribution is 2.28. The van der Waals surface area contributed by atoms with Gasteiger partial charge in [0, 0.05) is 17.2 Å². The van der Waals surface area contributed by atoms with Gasteiger partial charge in [0.05, 0.1) is 9.92 Å². The molecule has 0 aromatic heterocycles. The summed E-state index contributed by atoms with van der Waals surface area (Å²) in [5.74, 6) is 0.479. The molecule has 0 spiro atoms. The first-order chi connectivity index (χ1) is 9.47. The van der Waals surface area contributed by atoms with E-state index in [1.54, 1.807) is 0 Å². The fourth-order valence-corrected chi connectivity index (χ4v) is 3.29. The van der Waals surface area contributed by atoms with Gasteiger partial charge in [0.2, 0.25) is 0 Å². The van der Waals surface area contributed by atoms with Crippen LogP contribution in [0.4, 0.5) is 0 Å². The summed E-state index contributed by atoms with van der Waals surface area (Å²) in [7, 11) is 1.50. The van der Waals surface area contributed by atoms with Crippen LogP contribution in [0, 0.1) is 0 Å². The van der Waals surface area contributed by atoms with Crippen LogP contribution < -0.4 is 4.74 Å². The van der Waals surface area contributed by atoms with Crippen molar-refractivity contribution >= 4 is 31.3 Å². The summed E-state index contributed by atoms with van der Waals surface area (Å²) in [6.45, 7) is 3.61. The highest BCUT2D eigenvalue weighted by molar-refractivity contribution is 8.13. The highest BCUT2D eigenvalue weighted by atomic mass is 35.7. The van der Waals surface area contributed by atoms with E-state index in [9.17, 15) is 8.42 Å². The third kappa shape index (κ3) is 4.52. The molecule has 0 N–H and O–H groups in total. The Balaban J connectivity index is 1.90. The van der Waals surface area contributed by atoms with Crippen LogP contribution in [0.25, 0.3) is 0 Å². The standard InChI is InChI=1S/C13H17Cl2NO3S/c14-12-10-11(20(15,17)18)4-5-13(12)19-9-8-16-6-2-1-3-7-16/h4-5,10H,1-3,6-9H2. The number of halogens is 2. The van der Waals surface area contributed by atoms with Gasteiger partial charge in [0.15, 0.2) is 0 Å². The first-order valence-corrected chi connectivity index (χ1v) is 9.25. The van der Waals surface area contributed by atoms with Gasteiger partial charge in [-0.2, -0.15) is 0 Å². The molecule has 0 atom stereocenters. The van der Waals surface area contributed by atoms with Gasteiger partial charge in [-0.15, -0.1) is 0 Å². The van der Waals surface area contributed by atoms with Crippen molar-refractivity contribution < 1.29 is 13.2 Å². The highest BCUT2D eigenvalue weighted by Gasteiger charge is 2.14. The number of rotatable bonds is 5. The number of benzene rings is 1. The van der Waals surface area contributed by atoms with Crippen LogP contribution in [0.3, 0.4) is 0 Å². The second-order valence-electron chi connectivity index (χ2n) is 4.78. The summed E-state index contributed by atoms with van der Waals surface area (Å²) in [6.07, 6.45) is 3.78. The predicted octanol–water partition coefficient (Wildman–Crippen LogP) is 3.13. The zero-order chi connectivity index (χ0) is 14.6. The van der Waals surface area contributed by atoms with Crippen LogP contribution in [0.2, 0.25) is 5.02 Å². The monoisotopic (exact) mass is 337 g/mol. The van der Waals surface area contributed by atoms with E-state index >= 15 is 0 Å². The fraction of sp³-hybridized carbons (Fsp3) is 0.538. The second-order valence-corrected chi connectivity index (χ2v) is 7.75. The maximum atomic E-state index is 11.2. The smallest absolute Gasteiger partial charge is 0.261 e. The molecule has 1 aliphatic heterocycles.